The van der Waals surface area contributed by atoms with Crippen molar-refractivity contribution < 1.29 is 17.3 Å². The average molecular weight is 491 g/mol. The fourth-order valence-electron chi connectivity index (χ4n) is 0. The second-order valence-electron chi connectivity index (χ2n) is 0.167. The van der Waals surface area contributed by atoms with E-state index in [9.17, 15) is 0 Å². The summed E-state index contributed by atoms with van der Waals surface area (Å²) in [7, 11) is 0. The summed E-state index contributed by atoms with van der Waals surface area (Å²) < 4.78 is 0. The van der Waals surface area contributed by atoms with Crippen molar-refractivity contribution in [3.05, 3.63) is 0 Å². The predicted molar refractivity (Wildman–Crippen MR) is 36.9 cm³/mol. The molecule has 0 fully saturated rings. The van der Waals surface area contributed by atoms with Crippen LogP contribution >= 0.6 is 19.0 Å². The molecule has 6 heavy (non-hydrogen) atoms. The molecular formula is CH7AgBiIN2. The second-order valence-corrected chi connectivity index (χ2v) is 0.167. The standard InChI is InChI=1S/CH4N2.Ag.Bi.HI.3H/c2-1-3;;;;;;/h1H,(H3,2,3);;;1H;;;/q;+1;;;;;/p-1. The first-order chi connectivity index (χ1) is 2.41. The van der Waals surface area contributed by atoms with E-state index in [-0.39, 0.29) is 26.2 Å². The molecule has 0 bridgehead atoms. The van der Waals surface area contributed by atoms with Crippen LogP contribution < -0.4 is 5.73 Å². The van der Waals surface area contributed by atoms with Crippen LogP contribution in [-0.2, 0) is 17.3 Å². The number of nitrogens with two attached hydrogens (primary N) is 1. The molecule has 0 radical (unpaired) electrons. The Bertz CT molecular complexity index is 21.0. The first-order valence-electron chi connectivity index (χ1n) is 0.736. The quantitative estimate of drug-likeness (QED) is 0.200. The van der Waals surface area contributed by atoms with Crippen molar-refractivity contribution in [2.45, 2.75) is 0 Å². The molecule has 0 unspecified atom stereocenters. The molecule has 0 saturated heterocycles. The van der Waals surface area contributed by atoms with Gasteiger partial charge in [-0.1, -0.05) is 0 Å². The first kappa shape index (κ1) is 15.7. The summed E-state index contributed by atoms with van der Waals surface area (Å²) in [6.07, 6.45) is 0.750. The second kappa shape index (κ2) is 29.0. The van der Waals surface area contributed by atoms with Gasteiger partial charge in [0.05, 0.1) is 6.34 Å². The number of rotatable bonds is 0. The molecule has 0 rings (SSSR count). The van der Waals surface area contributed by atoms with Gasteiger partial charge in [-0.25, -0.2) is 0 Å². The molecule has 5 heteroatoms. The van der Waals surface area contributed by atoms with E-state index in [1.807, 2.05) is 19.0 Å². The van der Waals surface area contributed by atoms with Crippen LogP contribution in [0.5, 0.6) is 0 Å². The van der Waals surface area contributed by atoms with Gasteiger partial charge in [-0.05, 0) is 0 Å². The molecule has 0 aliphatic rings. The van der Waals surface area contributed by atoms with Gasteiger partial charge in [-0.3, -0.25) is 5.41 Å². The van der Waals surface area contributed by atoms with Crippen molar-refractivity contribution in [1.29, 1.82) is 5.41 Å². The monoisotopic (exact) mass is 490 g/mol. The van der Waals surface area contributed by atoms with Crippen LogP contribution in [0.4, 0.5) is 0 Å². The Morgan fingerprint density at radius 1 is 1.67 bits per heavy atom. The Morgan fingerprint density at radius 3 is 1.67 bits per heavy atom. The molecule has 0 heterocycles. The molecule has 0 aromatic heterocycles. The molecule has 0 spiro atoms. The summed E-state index contributed by atoms with van der Waals surface area (Å²) in [4.78, 5) is 0. The fourth-order valence-corrected chi connectivity index (χ4v) is 0. The Labute approximate surface area is 78.7 Å². The summed E-state index contributed by atoms with van der Waals surface area (Å²) in [5.41, 5.74) is 4.39. The maximum atomic E-state index is 5.86. The molecule has 2 nitrogen and oxygen atoms in total. The number of hydrogen-bond acceptors (Lipinski definition) is 1. The SMILES string of the molecule is N=CN.[Ag][I].[BiH3]. The third kappa shape index (κ3) is 40.7. The molecule has 0 aliphatic carbocycles. The molecule has 0 aromatic rings. The van der Waals surface area contributed by atoms with E-state index in [0.717, 1.165) is 6.34 Å². The molecular weight excluding hydrogens is 484 g/mol. The number of nitrogens with one attached hydrogen (secondary N) is 1. The van der Waals surface area contributed by atoms with Gasteiger partial charge in [0, 0.05) is 0 Å². The van der Waals surface area contributed by atoms with Crippen molar-refractivity contribution in [2.75, 3.05) is 0 Å². The van der Waals surface area contributed by atoms with Crippen molar-refractivity contribution in [1.82, 2.24) is 0 Å². The minimum absolute atomic E-state index is 0. The van der Waals surface area contributed by atoms with Gasteiger partial charge in [0.1, 0.15) is 0 Å². The average Bonchev–Trinajstić information content (AvgIpc) is 1.46. The first-order valence-corrected chi connectivity index (χ1v) is 5.14. The molecule has 0 aromatic carbocycles. The van der Waals surface area contributed by atoms with Crippen LogP contribution in [0.1, 0.15) is 0 Å². The molecule has 0 atom stereocenters. The van der Waals surface area contributed by atoms with Crippen molar-refractivity contribution in [3.63, 3.8) is 0 Å². The van der Waals surface area contributed by atoms with E-state index < -0.39 is 0 Å². The van der Waals surface area contributed by atoms with Gasteiger partial charge < -0.3 is 5.73 Å². The maximum absolute atomic E-state index is 5.86. The van der Waals surface area contributed by atoms with E-state index in [4.69, 9.17) is 5.41 Å². The van der Waals surface area contributed by atoms with E-state index >= 15 is 0 Å². The van der Waals surface area contributed by atoms with Crippen molar-refractivity contribution in [3.8, 4) is 0 Å². The van der Waals surface area contributed by atoms with Crippen molar-refractivity contribution in [2.24, 2.45) is 5.73 Å². The van der Waals surface area contributed by atoms with Crippen LogP contribution in [0, 0.1) is 5.41 Å². The Balaban J connectivity index is -0.0000000275. The van der Waals surface area contributed by atoms with Crippen LogP contribution in [0.2, 0.25) is 0 Å². The van der Waals surface area contributed by atoms with Gasteiger partial charge in [0.25, 0.3) is 0 Å². The molecule has 44 valence electrons. The third-order valence-corrected chi connectivity index (χ3v) is 0. The van der Waals surface area contributed by atoms with Crippen LogP contribution in [-0.4, -0.2) is 32.5 Å². The van der Waals surface area contributed by atoms with Crippen LogP contribution in [0.25, 0.3) is 0 Å². The van der Waals surface area contributed by atoms with E-state index in [1.165, 1.54) is 0 Å². The zero-order valence-electron chi connectivity index (χ0n) is 3.04. The third-order valence-electron chi connectivity index (χ3n) is 0. The van der Waals surface area contributed by atoms with E-state index in [1.54, 1.807) is 0 Å². The number of halogens is 1. The van der Waals surface area contributed by atoms with Gasteiger partial charge in [-0.2, -0.15) is 0 Å². The number of hydrogen-bond donors (Lipinski definition) is 2. The van der Waals surface area contributed by atoms with Gasteiger partial charge in [-0.15, -0.1) is 0 Å². The predicted octanol–water partition coefficient (Wildman–Crippen LogP) is -0.749. The zero-order valence-corrected chi connectivity index (χ0v) is 12.2. The van der Waals surface area contributed by atoms with E-state index in [2.05, 4.69) is 23.0 Å². The van der Waals surface area contributed by atoms with Crippen molar-refractivity contribution >= 4 is 51.6 Å². The normalized spacial score (nSPS) is 3.17. The Kier molecular flexibility index (Phi) is 75.7. The summed E-state index contributed by atoms with van der Waals surface area (Å²) in [6.45, 7) is 0. The van der Waals surface area contributed by atoms with E-state index in [0.29, 0.717) is 0 Å². The fraction of sp³-hybridized carbons (Fsp3) is 0. The minimum atomic E-state index is 0. The van der Waals surface area contributed by atoms with Crippen LogP contribution in [0.3, 0.4) is 0 Å². The van der Waals surface area contributed by atoms with Gasteiger partial charge >= 0.3 is 62.5 Å². The zero-order chi connectivity index (χ0) is 4.71. The summed E-state index contributed by atoms with van der Waals surface area (Å²) in [5, 5.41) is 5.86. The Hall–Kier alpha value is 1.82. The summed E-state index contributed by atoms with van der Waals surface area (Å²) in [6, 6.07) is 0. The molecule has 0 aliphatic heterocycles. The Morgan fingerprint density at radius 2 is 1.67 bits per heavy atom. The summed E-state index contributed by atoms with van der Waals surface area (Å²) >= 11 is 4.88. The molecule has 0 saturated carbocycles. The molecule has 0 amide bonds. The summed E-state index contributed by atoms with van der Waals surface area (Å²) in [5.74, 6) is 0. The van der Waals surface area contributed by atoms with Crippen LogP contribution in [0.15, 0.2) is 0 Å². The molecule has 3 N–H and O–H groups in total. The van der Waals surface area contributed by atoms with Gasteiger partial charge in [0.2, 0.25) is 0 Å². The van der Waals surface area contributed by atoms with Gasteiger partial charge in [0.15, 0.2) is 0 Å². The topological polar surface area (TPSA) is 49.9 Å².